The van der Waals surface area contributed by atoms with Gasteiger partial charge >= 0.3 is 0 Å². The Morgan fingerprint density at radius 2 is 1.74 bits per heavy atom. The Kier molecular flexibility index (Phi) is 6.08. The first-order chi connectivity index (χ1) is 22.5. The van der Waals surface area contributed by atoms with Crippen LogP contribution in [0.2, 0.25) is 0 Å². The molecule has 0 spiro atoms. The minimum atomic E-state index is 0.0188. The van der Waals surface area contributed by atoms with Gasteiger partial charge in [-0.15, -0.1) is 0 Å². The average Bonchev–Trinajstić information content (AvgIpc) is 3.81. The van der Waals surface area contributed by atoms with Crippen molar-refractivity contribution in [1.29, 1.82) is 0 Å². The van der Waals surface area contributed by atoms with E-state index < -0.39 is 0 Å². The molecule has 46 heavy (non-hydrogen) atoms. The molecule has 4 atom stereocenters. The lowest BCUT2D eigenvalue weighted by molar-refractivity contribution is 0.442. The molecular weight excluding hydrogens is 562 g/mol. The van der Waals surface area contributed by atoms with Gasteiger partial charge in [-0.1, -0.05) is 93.6 Å². The van der Waals surface area contributed by atoms with Crippen LogP contribution in [0.3, 0.4) is 0 Å². The highest BCUT2D eigenvalue weighted by Crippen LogP contribution is 2.47. The molecule has 3 heteroatoms. The molecule has 0 amide bonds. The molecule has 3 aromatic carbocycles. The van der Waals surface area contributed by atoms with E-state index in [0.29, 0.717) is 5.92 Å². The molecule has 2 heterocycles. The maximum absolute atomic E-state index is 5.96. The van der Waals surface area contributed by atoms with Gasteiger partial charge in [0.05, 0.1) is 18.2 Å². The van der Waals surface area contributed by atoms with Gasteiger partial charge in [0, 0.05) is 34.0 Å². The van der Waals surface area contributed by atoms with Crippen molar-refractivity contribution in [2.45, 2.75) is 44.9 Å². The van der Waals surface area contributed by atoms with E-state index in [2.05, 4.69) is 129 Å². The minimum Gasteiger partial charge on any atom is -0.469 e. The third kappa shape index (κ3) is 3.97. The maximum Gasteiger partial charge on any atom is 0.130 e. The second kappa shape index (κ2) is 10.3. The molecule has 9 rings (SSSR count). The third-order valence-corrected chi connectivity index (χ3v) is 10.8. The zero-order valence-corrected chi connectivity index (χ0v) is 26.5. The molecule has 0 N–H and O–H groups in total. The normalized spacial score (nSPS) is 24.8. The van der Waals surface area contributed by atoms with E-state index in [9.17, 15) is 0 Å². The number of anilines is 1. The standard InChI is InChI=1S/C43H37NO2/c1-27-18-19-29(26-36(27)40-17-9-25-46-40)44(37-15-5-10-30(28(37)2)39-16-8-24-45-39)38-21-20-32-34-14-7-23-43(3)22-6-13-33(42(34)43)31-11-4-12-35(38)41(31)32/h4-17,19-22,24-28,30H,18,23H2,1-3H3. The number of rotatable bonds is 5. The number of allylic oxidation sites excluding steroid dienone is 10. The van der Waals surface area contributed by atoms with Crippen LogP contribution in [0.15, 0.2) is 136 Å². The van der Waals surface area contributed by atoms with Gasteiger partial charge in [-0.25, -0.2) is 0 Å². The van der Waals surface area contributed by atoms with E-state index >= 15 is 0 Å². The van der Waals surface area contributed by atoms with Crippen molar-refractivity contribution in [3.63, 3.8) is 0 Å². The Hall–Kier alpha value is -5.02. The van der Waals surface area contributed by atoms with Crippen molar-refractivity contribution in [2.24, 2.45) is 11.8 Å². The summed E-state index contributed by atoms with van der Waals surface area (Å²) < 4.78 is 11.9. The summed E-state index contributed by atoms with van der Waals surface area (Å²) in [7, 11) is 0. The molecule has 0 saturated heterocycles. The van der Waals surface area contributed by atoms with Gasteiger partial charge in [0.15, 0.2) is 0 Å². The third-order valence-electron chi connectivity index (χ3n) is 10.8. The van der Waals surface area contributed by atoms with E-state index in [1.807, 2.05) is 12.1 Å². The molecule has 4 aliphatic rings. The fourth-order valence-electron chi connectivity index (χ4n) is 8.44. The van der Waals surface area contributed by atoms with Gasteiger partial charge in [0.2, 0.25) is 0 Å². The first-order valence-corrected chi connectivity index (χ1v) is 16.6. The molecule has 3 nitrogen and oxygen atoms in total. The Balaban J connectivity index is 1.30. The van der Waals surface area contributed by atoms with Crippen molar-refractivity contribution < 1.29 is 8.83 Å². The zero-order chi connectivity index (χ0) is 31.0. The molecule has 5 aromatic rings. The Bertz CT molecular complexity index is 2250. The molecule has 0 fully saturated rings. The predicted molar refractivity (Wildman–Crippen MR) is 190 cm³/mol. The molecule has 2 aromatic heterocycles. The molecule has 226 valence electrons. The zero-order valence-electron chi connectivity index (χ0n) is 26.5. The number of hydrogen-bond acceptors (Lipinski definition) is 3. The second-order valence-corrected chi connectivity index (χ2v) is 13.6. The topological polar surface area (TPSA) is 29.5 Å². The van der Waals surface area contributed by atoms with Gasteiger partial charge in [-0.3, -0.25) is 0 Å². The fourth-order valence-corrected chi connectivity index (χ4v) is 8.44. The Morgan fingerprint density at radius 3 is 2.59 bits per heavy atom. The minimum absolute atomic E-state index is 0.0188. The lowest BCUT2D eigenvalue weighted by atomic mass is 9.69. The molecular formula is C43H37NO2. The summed E-state index contributed by atoms with van der Waals surface area (Å²) in [5.41, 5.74) is 7.71. The fraction of sp³-hybridized carbons (Fsp3) is 0.209. The van der Waals surface area contributed by atoms with Crippen molar-refractivity contribution >= 4 is 45.0 Å². The summed E-state index contributed by atoms with van der Waals surface area (Å²) in [4.78, 5) is 2.52. The van der Waals surface area contributed by atoms with Crippen LogP contribution in [0.4, 0.5) is 5.69 Å². The first kappa shape index (κ1) is 27.3. The largest absolute Gasteiger partial charge is 0.469 e. The Labute approximate surface area is 269 Å². The highest BCUT2D eigenvalue weighted by Gasteiger charge is 2.34. The molecule has 4 unspecified atom stereocenters. The van der Waals surface area contributed by atoms with Gasteiger partial charge in [0.25, 0.3) is 0 Å². The van der Waals surface area contributed by atoms with E-state index in [-0.39, 0.29) is 17.3 Å². The number of hydrogen-bond donors (Lipinski definition) is 0. The second-order valence-electron chi connectivity index (χ2n) is 13.6. The van der Waals surface area contributed by atoms with Crippen molar-refractivity contribution in [2.75, 3.05) is 4.90 Å². The molecule has 0 bridgehead atoms. The summed E-state index contributed by atoms with van der Waals surface area (Å²) >= 11 is 0. The Morgan fingerprint density at radius 1 is 0.870 bits per heavy atom. The number of nitrogens with zero attached hydrogens (tertiary/aromatic N) is 1. The van der Waals surface area contributed by atoms with Crippen LogP contribution in [-0.2, 0) is 5.41 Å². The summed E-state index contributed by atoms with van der Waals surface area (Å²) in [6.07, 6.45) is 28.7. The van der Waals surface area contributed by atoms with Crippen LogP contribution >= 0.6 is 0 Å². The summed E-state index contributed by atoms with van der Waals surface area (Å²) in [5.74, 6) is 2.63. The van der Waals surface area contributed by atoms with Gasteiger partial charge in [-0.2, -0.15) is 0 Å². The molecule has 0 radical (unpaired) electrons. The summed E-state index contributed by atoms with van der Waals surface area (Å²) in [6, 6.07) is 19.8. The van der Waals surface area contributed by atoms with Crippen molar-refractivity contribution in [3.05, 3.63) is 155 Å². The van der Waals surface area contributed by atoms with E-state index in [4.69, 9.17) is 8.83 Å². The lowest BCUT2D eigenvalue weighted by Gasteiger charge is -2.38. The molecule has 4 aliphatic carbocycles. The average molecular weight is 600 g/mol. The number of fused-ring (bicyclic) bond motifs is 2. The maximum atomic E-state index is 5.96. The molecule has 0 aliphatic heterocycles. The van der Waals surface area contributed by atoms with E-state index in [1.165, 1.54) is 60.5 Å². The summed E-state index contributed by atoms with van der Waals surface area (Å²) in [5, 5.41) is 6.62. The van der Waals surface area contributed by atoms with Gasteiger partial charge in [0.1, 0.15) is 11.5 Å². The quantitative estimate of drug-likeness (QED) is 0.201. The van der Waals surface area contributed by atoms with Crippen LogP contribution < -0.4 is 10.1 Å². The highest BCUT2D eigenvalue weighted by molar-refractivity contribution is 6.18. The molecule has 0 saturated carbocycles. The number of furan rings is 2. The van der Waals surface area contributed by atoms with Gasteiger partial charge < -0.3 is 13.7 Å². The van der Waals surface area contributed by atoms with Crippen molar-refractivity contribution in [1.82, 2.24) is 0 Å². The van der Waals surface area contributed by atoms with Gasteiger partial charge in [-0.05, 0) is 99.3 Å². The van der Waals surface area contributed by atoms with Crippen molar-refractivity contribution in [3.8, 4) is 0 Å². The number of benzene rings is 3. The first-order valence-electron chi connectivity index (χ1n) is 16.6. The smallest absolute Gasteiger partial charge is 0.130 e. The van der Waals surface area contributed by atoms with Crippen LogP contribution in [0.5, 0.6) is 0 Å². The van der Waals surface area contributed by atoms with Crippen LogP contribution in [0.25, 0.3) is 39.3 Å². The lowest BCUT2D eigenvalue weighted by Crippen LogP contribution is -2.32. The van der Waals surface area contributed by atoms with E-state index in [1.54, 1.807) is 12.5 Å². The predicted octanol–water partition coefficient (Wildman–Crippen LogP) is 10.6. The van der Waals surface area contributed by atoms with Crippen LogP contribution in [0, 0.1) is 11.8 Å². The monoisotopic (exact) mass is 599 g/mol. The van der Waals surface area contributed by atoms with Crippen LogP contribution in [0.1, 0.15) is 62.2 Å². The SMILES string of the molecule is CC1CC=C(N(C2=CC=CC(c3ccco3)C2C)c2ccc3c4c5c(c6cccc2c36)=CC=CC5(C)CC=C4)C=C1c1ccco1. The highest BCUT2D eigenvalue weighted by atomic mass is 16.3. The van der Waals surface area contributed by atoms with Crippen LogP contribution in [-0.4, -0.2) is 0 Å². The van der Waals surface area contributed by atoms with E-state index in [0.717, 1.165) is 24.4 Å². The summed E-state index contributed by atoms with van der Waals surface area (Å²) in [6.45, 7) is 7.00.